The van der Waals surface area contributed by atoms with Crippen molar-refractivity contribution in [2.75, 3.05) is 13.7 Å². The van der Waals surface area contributed by atoms with Crippen molar-refractivity contribution >= 4 is 23.9 Å². The van der Waals surface area contributed by atoms with Crippen molar-refractivity contribution in [1.82, 2.24) is 15.5 Å². The maximum Gasteiger partial charge on any atom is 0.408 e. The van der Waals surface area contributed by atoms with Crippen molar-refractivity contribution in [3.05, 3.63) is 35.4 Å². The van der Waals surface area contributed by atoms with Crippen LogP contribution in [0.3, 0.4) is 0 Å². The Morgan fingerprint density at radius 1 is 1.19 bits per heavy atom. The molecule has 0 heterocycles. The molecule has 1 aromatic carbocycles. The fraction of sp³-hybridized carbons (Fsp3) is 0.571. The van der Waals surface area contributed by atoms with Crippen LogP contribution in [-0.4, -0.2) is 60.1 Å². The van der Waals surface area contributed by atoms with E-state index in [1.54, 1.807) is 45.0 Å². The summed E-state index contributed by atoms with van der Waals surface area (Å²) in [6.07, 6.45) is 7.94. The van der Waals surface area contributed by atoms with E-state index in [9.17, 15) is 19.2 Å². The Balaban J connectivity index is 2.55. The van der Waals surface area contributed by atoms with Gasteiger partial charge >= 0.3 is 12.1 Å². The standard InChI is InChI=1S/C28H39N3O6/c1-8-18(3)23(30-27(35)37-28(4,5)6)26(34)31(20-14-12-15-20)24(25(33)29-17-22(32)36-7)21-16-11-10-13-19(21)9-2/h2,10-11,13,16,18,20,23-24H,8,12,14-15,17H2,1,3-7H3,(H,29,33)(H,30,35). The van der Waals surface area contributed by atoms with Gasteiger partial charge in [0.05, 0.1) is 7.11 Å². The van der Waals surface area contributed by atoms with E-state index in [0.717, 1.165) is 6.42 Å². The molecule has 0 saturated heterocycles. The zero-order chi connectivity index (χ0) is 27.8. The summed E-state index contributed by atoms with van der Waals surface area (Å²) in [7, 11) is 1.23. The number of ether oxygens (including phenoxy) is 2. The number of amides is 3. The Hall–Kier alpha value is -3.54. The van der Waals surface area contributed by atoms with Crippen LogP contribution in [0.15, 0.2) is 24.3 Å². The van der Waals surface area contributed by atoms with Gasteiger partial charge in [-0.25, -0.2) is 4.79 Å². The molecule has 1 fully saturated rings. The van der Waals surface area contributed by atoms with Gasteiger partial charge < -0.3 is 25.0 Å². The molecule has 3 amide bonds. The molecule has 9 heteroatoms. The van der Waals surface area contributed by atoms with Gasteiger partial charge in [-0.1, -0.05) is 44.4 Å². The van der Waals surface area contributed by atoms with Crippen molar-refractivity contribution in [1.29, 1.82) is 0 Å². The number of nitrogens with one attached hydrogen (secondary N) is 2. The highest BCUT2D eigenvalue weighted by molar-refractivity contribution is 5.94. The molecule has 202 valence electrons. The predicted octanol–water partition coefficient (Wildman–Crippen LogP) is 3.32. The largest absolute Gasteiger partial charge is 0.468 e. The third-order valence-corrected chi connectivity index (χ3v) is 6.45. The second-order valence-corrected chi connectivity index (χ2v) is 10.3. The third-order valence-electron chi connectivity index (χ3n) is 6.45. The van der Waals surface area contributed by atoms with Crippen molar-refractivity contribution in [2.45, 2.75) is 84.0 Å². The van der Waals surface area contributed by atoms with Gasteiger partial charge in [0.1, 0.15) is 24.2 Å². The minimum atomic E-state index is -1.11. The van der Waals surface area contributed by atoms with Gasteiger partial charge in [-0.3, -0.25) is 14.4 Å². The van der Waals surface area contributed by atoms with Crippen molar-refractivity contribution in [2.24, 2.45) is 5.92 Å². The van der Waals surface area contributed by atoms with Crippen molar-refractivity contribution in [3.8, 4) is 12.3 Å². The lowest BCUT2D eigenvalue weighted by Gasteiger charge is -2.44. The van der Waals surface area contributed by atoms with Crippen molar-refractivity contribution < 1.29 is 28.7 Å². The summed E-state index contributed by atoms with van der Waals surface area (Å²) in [5, 5.41) is 5.33. The number of rotatable bonds is 10. The van der Waals surface area contributed by atoms with Crippen LogP contribution in [0, 0.1) is 18.3 Å². The molecule has 9 nitrogen and oxygen atoms in total. The SMILES string of the molecule is C#Cc1ccccc1C(C(=O)NCC(=O)OC)N(C(=O)C(NC(=O)OC(C)(C)C)C(C)CC)C1CCC1. The maximum atomic E-state index is 14.2. The number of terminal acetylenes is 1. The minimum absolute atomic E-state index is 0.237. The Morgan fingerprint density at radius 2 is 1.84 bits per heavy atom. The third kappa shape index (κ3) is 7.97. The van der Waals surface area contributed by atoms with Crippen LogP contribution in [-0.2, 0) is 23.9 Å². The number of carbonyl (C=O) groups is 4. The molecule has 2 rings (SSSR count). The summed E-state index contributed by atoms with van der Waals surface area (Å²) >= 11 is 0. The zero-order valence-electron chi connectivity index (χ0n) is 22.6. The van der Waals surface area contributed by atoms with Crippen molar-refractivity contribution in [3.63, 3.8) is 0 Å². The Kier molecular flexibility index (Phi) is 10.5. The van der Waals surface area contributed by atoms with Gasteiger partial charge in [-0.2, -0.15) is 0 Å². The molecule has 3 unspecified atom stereocenters. The quantitative estimate of drug-likeness (QED) is 0.367. The number of alkyl carbamates (subject to hydrolysis) is 1. The van der Waals surface area contributed by atoms with Crippen LogP contribution >= 0.6 is 0 Å². The highest BCUT2D eigenvalue weighted by atomic mass is 16.6. The van der Waals surface area contributed by atoms with Crippen LogP contribution in [0.4, 0.5) is 4.79 Å². The van der Waals surface area contributed by atoms with E-state index >= 15 is 0 Å². The first-order valence-electron chi connectivity index (χ1n) is 12.6. The lowest BCUT2D eigenvalue weighted by molar-refractivity contribution is -0.149. The Morgan fingerprint density at radius 3 is 2.35 bits per heavy atom. The molecule has 1 aliphatic carbocycles. The molecule has 0 radical (unpaired) electrons. The van der Waals surface area contributed by atoms with Gasteiger partial charge in [-0.05, 0) is 57.6 Å². The highest BCUT2D eigenvalue weighted by Gasteiger charge is 2.43. The Bertz CT molecular complexity index is 1020. The number of nitrogens with zero attached hydrogens (tertiary/aromatic N) is 1. The highest BCUT2D eigenvalue weighted by Crippen LogP contribution is 2.35. The molecule has 0 aliphatic heterocycles. The molecule has 2 N–H and O–H groups in total. The number of methoxy groups -OCH3 is 1. The van der Waals surface area contributed by atoms with Gasteiger partial charge in [0.2, 0.25) is 11.8 Å². The number of hydrogen-bond acceptors (Lipinski definition) is 6. The second-order valence-electron chi connectivity index (χ2n) is 10.3. The zero-order valence-corrected chi connectivity index (χ0v) is 22.6. The molecule has 0 bridgehead atoms. The summed E-state index contributed by atoms with van der Waals surface area (Å²) in [6.45, 7) is 8.65. The number of hydrogen-bond donors (Lipinski definition) is 2. The molecular formula is C28H39N3O6. The normalized spacial score (nSPS) is 15.7. The van der Waals surface area contributed by atoms with Crippen LogP contribution in [0.2, 0.25) is 0 Å². The van der Waals surface area contributed by atoms with E-state index in [2.05, 4.69) is 21.3 Å². The molecule has 1 aliphatic rings. The lowest BCUT2D eigenvalue weighted by Crippen LogP contribution is -2.59. The number of carbonyl (C=O) groups excluding carboxylic acids is 4. The first-order chi connectivity index (χ1) is 17.4. The monoisotopic (exact) mass is 513 g/mol. The minimum Gasteiger partial charge on any atom is -0.468 e. The molecule has 37 heavy (non-hydrogen) atoms. The van der Waals surface area contributed by atoms with Gasteiger partial charge in [0, 0.05) is 11.6 Å². The second kappa shape index (κ2) is 13.1. The van der Waals surface area contributed by atoms with E-state index in [4.69, 9.17) is 11.2 Å². The molecule has 0 spiro atoms. The number of esters is 1. The van der Waals surface area contributed by atoms with Crippen LogP contribution in [0.25, 0.3) is 0 Å². The van der Waals surface area contributed by atoms with E-state index in [-0.39, 0.29) is 18.5 Å². The maximum absolute atomic E-state index is 14.2. The van der Waals surface area contributed by atoms with E-state index in [0.29, 0.717) is 30.4 Å². The average Bonchev–Trinajstić information content (AvgIpc) is 2.82. The molecule has 0 aromatic heterocycles. The van der Waals surface area contributed by atoms with Gasteiger partial charge in [0.25, 0.3) is 0 Å². The smallest absolute Gasteiger partial charge is 0.408 e. The molecule has 3 atom stereocenters. The summed E-state index contributed by atoms with van der Waals surface area (Å²) in [5.41, 5.74) is 0.175. The first kappa shape index (κ1) is 29.7. The van der Waals surface area contributed by atoms with Gasteiger partial charge in [-0.15, -0.1) is 6.42 Å². The molecular weight excluding hydrogens is 474 g/mol. The van der Waals surface area contributed by atoms with E-state index < -0.39 is 41.6 Å². The van der Waals surface area contributed by atoms with Gasteiger partial charge in [0.15, 0.2) is 0 Å². The Labute approximate surface area is 219 Å². The lowest BCUT2D eigenvalue weighted by atomic mass is 9.86. The van der Waals surface area contributed by atoms with E-state index in [1.165, 1.54) is 12.0 Å². The van der Waals surface area contributed by atoms with E-state index in [1.807, 2.05) is 13.8 Å². The summed E-state index contributed by atoms with van der Waals surface area (Å²) in [4.78, 5) is 53.8. The van der Waals surface area contributed by atoms with Crippen LogP contribution in [0.5, 0.6) is 0 Å². The topological polar surface area (TPSA) is 114 Å². The van der Waals surface area contributed by atoms with Crippen LogP contribution < -0.4 is 10.6 Å². The average molecular weight is 514 g/mol. The molecule has 1 saturated carbocycles. The fourth-order valence-corrected chi connectivity index (χ4v) is 4.07. The predicted molar refractivity (Wildman–Crippen MR) is 139 cm³/mol. The molecule has 1 aromatic rings. The number of benzene rings is 1. The summed E-state index contributed by atoms with van der Waals surface area (Å²) in [6, 6.07) is 4.62. The fourth-order valence-electron chi connectivity index (χ4n) is 4.07. The summed E-state index contributed by atoms with van der Waals surface area (Å²) < 4.78 is 10.1. The first-order valence-corrected chi connectivity index (χ1v) is 12.6. The van der Waals surface area contributed by atoms with Crippen LogP contribution in [0.1, 0.15) is 77.5 Å². The summed E-state index contributed by atoms with van der Waals surface area (Å²) in [5.74, 6) is 0.760.